The number of hydrogen-bond acceptors (Lipinski definition) is 5. The molecule has 0 spiro atoms. The summed E-state index contributed by atoms with van der Waals surface area (Å²) in [5.41, 5.74) is -2.87. The van der Waals surface area contributed by atoms with Gasteiger partial charge in [0, 0.05) is 44.9 Å². The highest BCUT2D eigenvalue weighted by Gasteiger charge is 2.23. The molecule has 0 atom stereocenters. The highest BCUT2D eigenvalue weighted by molar-refractivity contribution is 6.13. The van der Waals surface area contributed by atoms with Crippen molar-refractivity contribution in [2.45, 2.75) is 0 Å². The number of anilines is 3. The molecule has 56 heavy (non-hydrogen) atoms. The number of fused-ring (bicyclic) bond motifs is 3. The van der Waals surface area contributed by atoms with Gasteiger partial charge in [0.2, 0.25) is 0 Å². The summed E-state index contributed by atoms with van der Waals surface area (Å²) in [7, 11) is 0. The van der Waals surface area contributed by atoms with Crippen LogP contribution >= 0.6 is 0 Å². The minimum absolute atomic E-state index is 0.0375. The summed E-state index contributed by atoms with van der Waals surface area (Å²) in [5, 5.41) is 0.988. The second-order valence-electron chi connectivity index (χ2n) is 12.3. The highest BCUT2D eigenvalue weighted by atomic mass is 16.3. The van der Waals surface area contributed by atoms with Crippen molar-refractivity contribution in [3.8, 4) is 56.4 Å². The van der Waals surface area contributed by atoms with E-state index in [1.54, 1.807) is 72.8 Å². The number of benzene rings is 8. The molecule has 5 nitrogen and oxygen atoms in total. The number of aromatic nitrogens is 3. The van der Waals surface area contributed by atoms with Gasteiger partial charge >= 0.3 is 0 Å². The first-order valence-corrected chi connectivity index (χ1v) is 17.2. The zero-order valence-electron chi connectivity index (χ0n) is 46.9. The molecule has 0 N–H and O–H groups in total. The third-order valence-corrected chi connectivity index (χ3v) is 8.83. The van der Waals surface area contributed by atoms with Crippen LogP contribution < -0.4 is 4.90 Å². The van der Waals surface area contributed by atoms with E-state index in [1.165, 1.54) is 12.1 Å². The van der Waals surface area contributed by atoms with Crippen molar-refractivity contribution >= 4 is 39.0 Å². The first-order valence-electron chi connectivity index (χ1n) is 26.2. The molecule has 0 saturated heterocycles. The molecule has 0 aliphatic heterocycles. The molecule has 0 fully saturated rings. The fourth-order valence-electron chi connectivity index (χ4n) is 6.37. The molecule has 10 aromatic rings. The lowest BCUT2D eigenvalue weighted by atomic mass is 9.97. The van der Waals surface area contributed by atoms with Gasteiger partial charge in [0.05, 0.1) is 30.4 Å². The fraction of sp³-hybridized carbons (Fsp3) is 0. The van der Waals surface area contributed by atoms with Crippen molar-refractivity contribution < 1.29 is 29.1 Å². The number of para-hydroxylation sites is 2. The molecule has 5 heteroatoms. The molecule has 0 unspecified atom stereocenters. The first-order chi connectivity index (χ1) is 35.2. The number of hydrogen-bond donors (Lipinski definition) is 0. The molecule has 2 aromatic heterocycles. The van der Waals surface area contributed by atoms with Gasteiger partial charge in [0.25, 0.3) is 0 Å². The van der Waals surface area contributed by atoms with E-state index in [1.807, 2.05) is 12.1 Å². The van der Waals surface area contributed by atoms with E-state index >= 15 is 0 Å². The van der Waals surface area contributed by atoms with E-state index in [9.17, 15) is 6.85 Å². The minimum Gasteiger partial charge on any atom is -0.456 e. The number of nitrogens with zero attached hydrogens (tertiary/aromatic N) is 4. The monoisotopic (exact) mass is 736 g/mol. The summed E-state index contributed by atoms with van der Waals surface area (Å²) in [6.07, 6.45) is 0. The van der Waals surface area contributed by atoms with Crippen molar-refractivity contribution in [2.24, 2.45) is 0 Å². The van der Waals surface area contributed by atoms with E-state index in [-0.39, 0.29) is 34.3 Å². The van der Waals surface area contributed by atoms with Gasteiger partial charge in [-0.2, -0.15) is 0 Å². The van der Waals surface area contributed by atoms with Gasteiger partial charge in [-0.3, -0.25) is 0 Å². The van der Waals surface area contributed by atoms with Crippen molar-refractivity contribution in [2.75, 3.05) is 4.90 Å². The smallest absolute Gasteiger partial charge is 0.164 e. The second kappa shape index (κ2) is 14.3. The number of rotatable bonds is 8. The molecule has 0 saturated carbocycles. The summed E-state index contributed by atoms with van der Waals surface area (Å²) >= 11 is 0. The van der Waals surface area contributed by atoms with Crippen molar-refractivity contribution in [1.82, 2.24) is 15.0 Å². The molecule has 8 aromatic carbocycles. The molecular formula is C51H34N4O. The average molecular weight is 737 g/mol. The molecule has 0 bridgehead atoms. The van der Waals surface area contributed by atoms with E-state index in [0.717, 1.165) is 4.90 Å². The minimum atomic E-state index is -0.956. The Morgan fingerprint density at radius 1 is 0.411 bits per heavy atom. The molecule has 264 valence electrons. The Balaban J connectivity index is 1.43. The van der Waals surface area contributed by atoms with Crippen LogP contribution in [0.25, 0.3) is 78.4 Å². The molecule has 0 aliphatic rings. The standard InChI is InChI=1S/C51H34N4O/c1-6-18-35(19-7-1)39-30-40(36-20-8-2-9-21-36)32-42(31-39)55(41-26-14-5-15-27-41)43-33-45(48-44-28-16-17-29-46(44)56-47(48)34-43)51-53-49(37-22-10-3-11-23-37)52-50(54-51)38-24-12-4-13-25-38/h1-34H/i1D,2D,5D,6D,7D,8D,9D,14D,15D,18D,19D,20D,21D,26D,27D,30D,31D,32D. The Bertz CT molecular complexity index is 3780. The van der Waals surface area contributed by atoms with Gasteiger partial charge in [-0.1, -0.05) is 157 Å². The van der Waals surface area contributed by atoms with Crippen LogP contribution in [0.2, 0.25) is 0 Å². The maximum atomic E-state index is 10.0. The van der Waals surface area contributed by atoms with Gasteiger partial charge in [0.15, 0.2) is 17.5 Å². The van der Waals surface area contributed by atoms with Gasteiger partial charge < -0.3 is 9.32 Å². The first kappa shape index (κ1) is 19.1. The maximum absolute atomic E-state index is 10.0. The zero-order valence-corrected chi connectivity index (χ0v) is 28.9. The van der Waals surface area contributed by atoms with Gasteiger partial charge in [-0.05, 0) is 64.6 Å². The SMILES string of the molecule is [2H]c1c([2H])c([2H])c(-c2c([2H])c(-c3c([2H])c([2H])c([2H])c([2H])c3[2H])c([2H])c(N(c3cc(-c4nc(-c5ccccc5)nc(-c5ccccc5)n4)c4c(c3)oc3ccccc34)c3c([2H])c([2H])c([2H])c([2H])c3[2H])c2[2H])c([2H])c1[2H]. The zero-order chi connectivity index (χ0) is 52.9. The van der Waals surface area contributed by atoms with Crippen LogP contribution in [0.1, 0.15) is 24.7 Å². The Kier molecular flexibility index (Phi) is 4.88. The Labute approximate surface area is 350 Å². The molecule has 0 aliphatic carbocycles. The predicted molar refractivity (Wildman–Crippen MR) is 229 cm³/mol. The maximum Gasteiger partial charge on any atom is 0.164 e. The van der Waals surface area contributed by atoms with Gasteiger partial charge in [-0.15, -0.1) is 0 Å². The Morgan fingerprint density at radius 3 is 1.52 bits per heavy atom. The molecular weight excluding hydrogens is 685 g/mol. The van der Waals surface area contributed by atoms with Gasteiger partial charge in [-0.25, -0.2) is 15.0 Å². The third-order valence-electron chi connectivity index (χ3n) is 8.83. The fourth-order valence-corrected chi connectivity index (χ4v) is 6.37. The number of furan rings is 1. The summed E-state index contributed by atoms with van der Waals surface area (Å²) < 4.78 is 169. The molecule has 0 amide bonds. The van der Waals surface area contributed by atoms with E-state index in [2.05, 4.69) is 0 Å². The van der Waals surface area contributed by atoms with E-state index < -0.39 is 142 Å². The molecule has 0 radical (unpaired) electrons. The lowest BCUT2D eigenvalue weighted by Gasteiger charge is -2.27. The van der Waals surface area contributed by atoms with Crippen LogP contribution in [0.4, 0.5) is 17.1 Å². The van der Waals surface area contributed by atoms with Crippen molar-refractivity contribution in [3.63, 3.8) is 0 Å². The van der Waals surface area contributed by atoms with Crippen LogP contribution in [0.15, 0.2) is 210 Å². The van der Waals surface area contributed by atoms with Crippen molar-refractivity contribution in [3.05, 3.63) is 206 Å². The second-order valence-corrected chi connectivity index (χ2v) is 12.3. The lowest BCUT2D eigenvalue weighted by molar-refractivity contribution is 0.669. The average Bonchev–Trinajstić information content (AvgIpc) is 3.79. The normalized spacial score (nSPS) is 15.7. The van der Waals surface area contributed by atoms with Crippen LogP contribution in [0, 0.1) is 0 Å². The largest absolute Gasteiger partial charge is 0.456 e. The Hall–Kier alpha value is -7.63. The van der Waals surface area contributed by atoms with Crippen LogP contribution in [0.3, 0.4) is 0 Å². The molecule has 2 heterocycles. The quantitative estimate of drug-likeness (QED) is 0.155. The highest BCUT2D eigenvalue weighted by Crippen LogP contribution is 2.45. The van der Waals surface area contributed by atoms with E-state index in [0.29, 0.717) is 27.5 Å². The van der Waals surface area contributed by atoms with Gasteiger partial charge in [0.1, 0.15) is 11.2 Å². The predicted octanol–water partition coefficient (Wildman–Crippen LogP) is 13.6. The summed E-state index contributed by atoms with van der Waals surface area (Å²) in [5.74, 6) is 0.515. The van der Waals surface area contributed by atoms with E-state index in [4.69, 9.17) is 37.2 Å². The van der Waals surface area contributed by atoms with Crippen LogP contribution in [-0.2, 0) is 0 Å². The topological polar surface area (TPSA) is 55.1 Å². The van der Waals surface area contributed by atoms with Crippen LogP contribution in [-0.4, -0.2) is 15.0 Å². The van der Waals surface area contributed by atoms with Crippen LogP contribution in [0.5, 0.6) is 0 Å². The third kappa shape index (κ3) is 6.27. The van der Waals surface area contributed by atoms with Crippen molar-refractivity contribution in [1.29, 1.82) is 0 Å². The Morgan fingerprint density at radius 2 is 0.929 bits per heavy atom. The molecule has 10 rings (SSSR count). The summed E-state index contributed by atoms with van der Waals surface area (Å²) in [6, 6.07) is 11.9. The lowest BCUT2D eigenvalue weighted by Crippen LogP contribution is -2.11. The summed E-state index contributed by atoms with van der Waals surface area (Å²) in [6.45, 7) is 0. The summed E-state index contributed by atoms with van der Waals surface area (Å²) in [4.78, 5) is 15.7.